The third kappa shape index (κ3) is 4.82. The second-order valence-electron chi connectivity index (χ2n) is 8.18. The van der Waals surface area contributed by atoms with Crippen molar-refractivity contribution in [3.8, 4) is 0 Å². The summed E-state index contributed by atoms with van der Waals surface area (Å²) in [4.78, 5) is 5.03. The summed E-state index contributed by atoms with van der Waals surface area (Å²) in [5.41, 5.74) is 2.53. The highest BCUT2D eigenvalue weighted by Crippen LogP contribution is 2.28. The van der Waals surface area contributed by atoms with Crippen molar-refractivity contribution in [3.63, 3.8) is 0 Å². The van der Waals surface area contributed by atoms with E-state index in [4.69, 9.17) is 0 Å². The van der Waals surface area contributed by atoms with Crippen LogP contribution in [0.25, 0.3) is 0 Å². The number of aromatic nitrogens is 4. The van der Waals surface area contributed by atoms with Crippen LogP contribution in [0.15, 0.2) is 60.7 Å². The van der Waals surface area contributed by atoms with E-state index in [-0.39, 0.29) is 6.04 Å². The van der Waals surface area contributed by atoms with E-state index in [2.05, 4.69) is 93.8 Å². The fourth-order valence-corrected chi connectivity index (χ4v) is 4.11. The Balaban J connectivity index is 1.50. The predicted octanol–water partition coefficient (Wildman–Crippen LogP) is 3.63. The number of hydrogen-bond donors (Lipinski definition) is 0. The second kappa shape index (κ2) is 9.18. The van der Waals surface area contributed by atoms with Gasteiger partial charge in [0.15, 0.2) is 5.82 Å². The summed E-state index contributed by atoms with van der Waals surface area (Å²) in [6.07, 6.45) is 1.06. The average molecular weight is 391 g/mol. The molecule has 1 saturated heterocycles. The lowest BCUT2D eigenvalue weighted by Gasteiger charge is -2.40. The number of tetrazole rings is 1. The van der Waals surface area contributed by atoms with E-state index in [0.29, 0.717) is 12.5 Å². The molecular formula is C23H30N6. The SMILES string of the molecule is CC(C)C[C@H](c1nnnn1Cc1ccccc1)N1CCN(c2ccccc2)CC1. The van der Waals surface area contributed by atoms with Gasteiger partial charge in [0.2, 0.25) is 0 Å². The third-order valence-electron chi connectivity index (χ3n) is 5.60. The molecule has 1 aromatic heterocycles. The molecule has 6 heteroatoms. The molecular weight excluding hydrogens is 360 g/mol. The Labute approximate surface area is 173 Å². The van der Waals surface area contributed by atoms with Crippen molar-refractivity contribution in [2.45, 2.75) is 32.9 Å². The van der Waals surface area contributed by atoms with Crippen molar-refractivity contribution >= 4 is 5.69 Å². The quantitative estimate of drug-likeness (QED) is 0.617. The fraction of sp³-hybridized carbons (Fsp3) is 0.435. The van der Waals surface area contributed by atoms with Crippen molar-refractivity contribution in [2.75, 3.05) is 31.1 Å². The fourth-order valence-electron chi connectivity index (χ4n) is 4.11. The van der Waals surface area contributed by atoms with E-state index in [1.807, 2.05) is 10.7 Å². The third-order valence-corrected chi connectivity index (χ3v) is 5.60. The standard InChI is InChI=1S/C23H30N6/c1-19(2)17-22(23-24-25-26-29(23)18-20-9-5-3-6-10-20)28-15-13-27(14-16-28)21-11-7-4-8-12-21/h3-12,19,22H,13-18H2,1-2H3/t22-/m1/s1. The first-order chi connectivity index (χ1) is 14.2. The first-order valence-corrected chi connectivity index (χ1v) is 10.5. The van der Waals surface area contributed by atoms with Crippen LogP contribution in [0, 0.1) is 5.92 Å². The van der Waals surface area contributed by atoms with Crippen LogP contribution >= 0.6 is 0 Å². The van der Waals surface area contributed by atoms with Gasteiger partial charge in [-0.1, -0.05) is 62.4 Å². The van der Waals surface area contributed by atoms with Gasteiger partial charge in [0.1, 0.15) is 0 Å². The molecule has 0 bridgehead atoms. The van der Waals surface area contributed by atoms with Crippen LogP contribution in [0.2, 0.25) is 0 Å². The minimum Gasteiger partial charge on any atom is -0.369 e. The molecule has 1 fully saturated rings. The number of para-hydroxylation sites is 1. The summed E-state index contributed by atoms with van der Waals surface area (Å²) in [5.74, 6) is 1.56. The first-order valence-electron chi connectivity index (χ1n) is 10.5. The molecule has 0 spiro atoms. The van der Waals surface area contributed by atoms with Gasteiger partial charge in [-0.25, -0.2) is 4.68 Å². The number of piperazine rings is 1. The van der Waals surface area contributed by atoms with Crippen molar-refractivity contribution in [1.29, 1.82) is 0 Å². The molecule has 152 valence electrons. The Morgan fingerprint density at radius 1 is 0.862 bits per heavy atom. The van der Waals surface area contributed by atoms with Crippen LogP contribution < -0.4 is 4.90 Å². The molecule has 0 aliphatic carbocycles. The topological polar surface area (TPSA) is 50.1 Å². The summed E-state index contributed by atoms with van der Waals surface area (Å²) in [6, 6.07) is 21.4. The molecule has 0 N–H and O–H groups in total. The first kappa shape index (κ1) is 19.6. The summed E-state index contributed by atoms with van der Waals surface area (Å²) in [5, 5.41) is 12.8. The van der Waals surface area contributed by atoms with Gasteiger partial charge in [-0.3, -0.25) is 4.90 Å². The van der Waals surface area contributed by atoms with Crippen molar-refractivity contribution in [2.24, 2.45) is 5.92 Å². The Morgan fingerprint density at radius 2 is 1.52 bits per heavy atom. The Hall–Kier alpha value is -2.73. The zero-order chi connectivity index (χ0) is 20.1. The van der Waals surface area contributed by atoms with Crippen molar-refractivity contribution < 1.29 is 0 Å². The van der Waals surface area contributed by atoms with E-state index in [1.165, 1.54) is 11.3 Å². The molecule has 1 aliphatic heterocycles. The van der Waals surface area contributed by atoms with E-state index >= 15 is 0 Å². The minimum absolute atomic E-state index is 0.242. The number of anilines is 1. The summed E-state index contributed by atoms with van der Waals surface area (Å²) in [7, 11) is 0. The molecule has 1 aliphatic rings. The Morgan fingerprint density at radius 3 is 2.17 bits per heavy atom. The number of benzene rings is 2. The molecule has 2 aromatic carbocycles. The Bertz CT molecular complexity index is 869. The van der Waals surface area contributed by atoms with Gasteiger partial charge in [0, 0.05) is 31.9 Å². The maximum atomic E-state index is 4.46. The molecule has 0 saturated carbocycles. The molecule has 4 rings (SSSR count). The van der Waals surface area contributed by atoms with Gasteiger partial charge in [0.25, 0.3) is 0 Å². The normalized spacial score (nSPS) is 16.3. The number of hydrogen-bond acceptors (Lipinski definition) is 5. The largest absolute Gasteiger partial charge is 0.369 e. The molecule has 0 radical (unpaired) electrons. The molecule has 2 heterocycles. The monoisotopic (exact) mass is 390 g/mol. The maximum Gasteiger partial charge on any atom is 0.168 e. The van der Waals surface area contributed by atoms with Crippen LogP contribution in [0.1, 0.15) is 37.7 Å². The van der Waals surface area contributed by atoms with Crippen molar-refractivity contribution in [3.05, 3.63) is 72.1 Å². The van der Waals surface area contributed by atoms with E-state index in [1.54, 1.807) is 0 Å². The summed E-state index contributed by atoms with van der Waals surface area (Å²) < 4.78 is 1.98. The lowest BCUT2D eigenvalue weighted by molar-refractivity contribution is 0.153. The van der Waals surface area contributed by atoms with Crippen molar-refractivity contribution in [1.82, 2.24) is 25.1 Å². The highest BCUT2D eigenvalue weighted by molar-refractivity contribution is 5.46. The van der Waals surface area contributed by atoms with Gasteiger partial charge in [0.05, 0.1) is 12.6 Å². The summed E-state index contributed by atoms with van der Waals surface area (Å²) >= 11 is 0. The van der Waals surface area contributed by atoms with Crippen LogP contribution in [0.5, 0.6) is 0 Å². The zero-order valence-electron chi connectivity index (χ0n) is 17.4. The van der Waals surface area contributed by atoms with Gasteiger partial charge >= 0.3 is 0 Å². The Kier molecular flexibility index (Phi) is 6.20. The maximum absolute atomic E-state index is 4.46. The lowest BCUT2D eigenvalue weighted by atomic mass is 10.0. The summed E-state index contributed by atoms with van der Waals surface area (Å²) in [6.45, 7) is 9.35. The van der Waals surface area contributed by atoms with Crippen LogP contribution in [-0.2, 0) is 6.54 Å². The smallest absolute Gasteiger partial charge is 0.168 e. The second-order valence-corrected chi connectivity index (χ2v) is 8.18. The van der Waals surface area contributed by atoms with Crippen LogP contribution in [0.4, 0.5) is 5.69 Å². The zero-order valence-corrected chi connectivity index (χ0v) is 17.4. The molecule has 3 aromatic rings. The van der Waals surface area contributed by atoms with E-state index < -0.39 is 0 Å². The molecule has 0 amide bonds. The predicted molar refractivity (Wildman–Crippen MR) is 116 cm³/mol. The number of nitrogens with zero attached hydrogens (tertiary/aromatic N) is 6. The molecule has 6 nitrogen and oxygen atoms in total. The van der Waals surface area contributed by atoms with Gasteiger partial charge in [-0.05, 0) is 40.5 Å². The van der Waals surface area contributed by atoms with Gasteiger partial charge in [-0.15, -0.1) is 5.10 Å². The van der Waals surface area contributed by atoms with Crippen LogP contribution in [0.3, 0.4) is 0 Å². The lowest BCUT2D eigenvalue weighted by Crippen LogP contribution is -2.48. The highest BCUT2D eigenvalue weighted by Gasteiger charge is 2.29. The molecule has 29 heavy (non-hydrogen) atoms. The van der Waals surface area contributed by atoms with E-state index in [9.17, 15) is 0 Å². The van der Waals surface area contributed by atoms with Gasteiger partial charge in [-0.2, -0.15) is 0 Å². The minimum atomic E-state index is 0.242. The van der Waals surface area contributed by atoms with Gasteiger partial charge < -0.3 is 4.90 Å². The molecule has 0 unspecified atom stereocenters. The number of rotatable bonds is 7. The van der Waals surface area contributed by atoms with Crippen LogP contribution in [-0.4, -0.2) is 51.3 Å². The molecule has 1 atom stereocenters. The average Bonchev–Trinajstić information content (AvgIpc) is 3.21. The highest BCUT2D eigenvalue weighted by atomic mass is 15.6. The van der Waals surface area contributed by atoms with E-state index in [0.717, 1.165) is 38.4 Å².